The summed E-state index contributed by atoms with van der Waals surface area (Å²) < 4.78 is 0. The van der Waals surface area contributed by atoms with Crippen molar-refractivity contribution >= 4 is 0 Å². The summed E-state index contributed by atoms with van der Waals surface area (Å²) in [6, 6.07) is 0. The molecule has 0 nitrogen and oxygen atoms in total. The van der Waals surface area contributed by atoms with Crippen LogP contribution in [-0.2, 0) is 0 Å². The number of allylic oxidation sites excluding steroid dienone is 2. The van der Waals surface area contributed by atoms with Crippen molar-refractivity contribution in [2.75, 3.05) is 0 Å². The molecule has 0 heterocycles. The van der Waals surface area contributed by atoms with Gasteiger partial charge in [0, 0.05) is 0 Å². The Morgan fingerprint density at radius 3 is 2.56 bits per heavy atom. The van der Waals surface area contributed by atoms with Crippen LogP contribution in [0, 0.1) is 5.92 Å². The first-order chi connectivity index (χ1) is 4.31. The highest BCUT2D eigenvalue weighted by Gasteiger charge is 1.94. The van der Waals surface area contributed by atoms with Gasteiger partial charge < -0.3 is 0 Å². The lowest BCUT2D eigenvalue weighted by atomic mass is 10.0. The van der Waals surface area contributed by atoms with Gasteiger partial charge in [-0.15, -0.1) is 0 Å². The Morgan fingerprint density at radius 2 is 2.11 bits per heavy atom. The van der Waals surface area contributed by atoms with Crippen LogP contribution >= 0.6 is 0 Å². The fraction of sp³-hybridized carbons (Fsp3) is 0.778. The number of rotatable bonds is 4. The Hall–Kier alpha value is -0.260. The second-order valence-electron chi connectivity index (χ2n) is 2.70. The fourth-order valence-corrected chi connectivity index (χ4v) is 0.979. The maximum Gasteiger partial charge on any atom is -0.0325 e. The topological polar surface area (TPSA) is 0 Å². The quantitative estimate of drug-likeness (QED) is 0.506. The summed E-state index contributed by atoms with van der Waals surface area (Å²) in [6.07, 6.45) is 8.32. The molecule has 1 unspecified atom stereocenters. The molecular formula is C9H18. The van der Waals surface area contributed by atoms with Crippen LogP contribution in [0.3, 0.4) is 0 Å². The zero-order chi connectivity index (χ0) is 7.11. The summed E-state index contributed by atoms with van der Waals surface area (Å²) in [7, 11) is 0. The van der Waals surface area contributed by atoms with E-state index in [-0.39, 0.29) is 0 Å². The lowest BCUT2D eigenvalue weighted by Gasteiger charge is -2.04. The van der Waals surface area contributed by atoms with Crippen LogP contribution in [-0.4, -0.2) is 0 Å². The minimum atomic E-state index is 0.881. The monoisotopic (exact) mass is 126 g/mol. The van der Waals surface area contributed by atoms with Crippen molar-refractivity contribution in [2.45, 2.75) is 40.0 Å². The lowest BCUT2D eigenvalue weighted by Crippen LogP contribution is -1.89. The van der Waals surface area contributed by atoms with Gasteiger partial charge in [-0.3, -0.25) is 0 Å². The van der Waals surface area contributed by atoms with Gasteiger partial charge >= 0.3 is 0 Å². The molecule has 0 radical (unpaired) electrons. The van der Waals surface area contributed by atoms with Crippen LogP contribution in [0.5, 0.6) is 0 Å². The molecule has 0 bridgehead atoms. The van der Waals surface area contributed by atoms with E-state index in [1.165, 1.54) is 19.3 Å². The third-order valence-corrected chi connectivity index (χ3v) is 1.56. The third-order valence-electron chi connectivity index (χ3n) is 1.56. The minimum Gasteiger partial charge on any atom is -0.0917 e. The van der Waals surface area contributed by atoms with Gasteiger partial charge in [-0.2, -0.15) is 0 Å². The predicted octanol–water partition coefficient (Wildman–Crippen LogP) is 3.39. The van der Waals surface area contributed by atoms with E-state index in [0.29, 0.717) is 0 Å². The average molecular weight is 126 g/mol. The van der Waals surface area contributed by atoms with Crippen molar-refractivity contribution in [1.82, 2.24) is 0 Å². The van der Waals surface area contributed by atoms with Crippen LogP contribution in [0.1, 0.15) is 40.0 Å². The molecule has 9 heavy (non-hydrogen) atoms. The highest BCUT2D eigenvalue weighted by atomic mass is 14.0. The molecule has 54 valence electrons. The molecule has 0 fully saturated rings. The molecule has 0 aromatic heterocycles. The van der Waals surface area contributed by atoms with Gasteiger partial charge in [0.05, 0.1) is 0 Å². The Morgan fingerprint density at radius 1 is 1.44 bits per heavy atom. The van der Waals surface area contributed by atoms with E-state index < -0.39 is 0 Å². The molecule has 0 rings (SSSR count). The zero-order valence-electron chi connectivity index (χ0n) is 6.85. The average Bonchev–Trinajstić information content (AvgIpc) is 1.85. The second kappa shape index (κ2) is 5.87. The minimum absolute atomic E-state index is 0.881. The normalized spacial score (nSPS) is 14.6. The second-order valence-corrected chi connectivity index (χ2v) is 2.70. The summed E-state index contributed by atoms with van der Waals surface area (Å²) in [4.78, 5) is 0. The molecule has 0 aromatic rings. The first-order valence-corrected chi connectivity index (χ1v) is 3.92. The molecule has 0 aliphatic carbocycles. The largest absolute Gasteiger partial charge is 0.0917 e. The molecule has 0 saturated heterocycles. The standard InChI is InChI=1S/C9H18/c1-4-6-8-9(3)7-5-2/h4,6,9H,5,7-8H2,1-3H3/b6-4-. The summed E-state index contributed by atoms with van der Waals surface area (Å²) in [5, 5.41) is 0. The van der Waals surface area contributed by atoms with E-state index in [4.69, 9.17) is 0 Å². The van der Waals surface area contributed by atoms with E-state index in [0.717, 1.165) is 5.92 Å². The summed E-state index contributed by atoms with van der Waals surface area (Å²) in [5.41, 5.74) is 0. The van der Waals surface area contributed by atoms with Gasteiger partial charge in [0.25, 0.3) is 0 Å². The molecule has 0 saturated carbocycles. The molecule has 0 heteroatoms. The molecular weight excluding hydrogens is 108 g/mol. The number of hydrogen-bond donors (Lipinski definition) is 0. The third kappa shape index (κ3) is 5.61. The lowest BCUT2D eigenvalue weighted by molar-refractivity contribution is 0.532. The van der Waals surface area contributed by atoms with E-state index in [2.05, 4.69) is 32.9 Å². The Balaban J connectivity index is 3.15. The van der Waals surface area contributed by atoms with Crippen molar-refractivity contribution in [1.29, 1.82) is 0 Å². The number of hydrogen-bond acceptors (Lipinski definition) is 0. The van der Waals surface area contributed by atoms with Gasteiger partial charge in [0.2, 0.25) is 0 Å². The van der Waals surface area contributed by atoms with Crippen molar-refractivity contribution in [3.05, 3.63) is 12.2 Å². The molecule has 0 aromatic carbocycles. The van der Waals surface area contributed by atoms with Crippen molar-refractivity contribution < 1.29 is 0 Å². The Labute approximate surface area is 59.0 Å². The van der Waals surface area contributed by atoms with Crippen LogP contribution in [0.25, 0.3) is 0 Å². The van der Waals surface area contributed by atoms with Gasteiger partial charge in [0.1, 0.15) is 0 Å². The summed E-state index contributed by atoms with van der Waals surface area (Å²) in [5.74, 6) is 0.881. The van der Waals surface area contributed by atoms with Crippen LogP contribution in [0.15, 0.2) is 12.2 Å². The molecule has 1 atom stereocenters. The highest BCUT2D eigenvalue weighted by molar-refractivity contribution is 4.78. The Bertz CT molecular complexity index is 72.1. The van der Waals surface area contributed by atoms with Crippen LogP contribution < -0.4 is 0 Å². The maximum atomic E-state index is 2.31. The summed E-state index contributed by atoms with van der Waals surface area (Å²) in [6.45, 7) is 6.63. The molecule has 0 aliphatic rings. The van der Waals surface area contributed by atoms with Gasteiger partial charge in [0.15, 0.2) is 0 Å². The van der Waals surface area contributed by atoms with E-state index in [1.54, 1.807) is 0 Å². The molecule has 0 aliphatic heterocycles. The van der Waals surface area contributed by atoms with Crippen molar-refractivity contribution in [2.24, 2.45) is 5.92 Å². The molecule has 0 N–H and O–H groups in total. The molecule has 0 amide bonds. The highest BCUT2D eigenvalue weighted by Crippen LogP contribution is 2.09. The SMILES string of the molecule is C/C=C\CC(C)CCC. The van der Waals surface area contributed by atoms with Crippen LogP contribution in [0.2, 0.25) is 0 Å². The van der Waals surface area contributed by atoms with E-state index >= 15 is 0 Å². The van der Waals surface area contributed by atoms with Crippen molar-refractivity contribution in [3.8, 4) is 0 Å². The molecule has 0 spiro atoms. The first kappa shape index (κ1) is 8.74. The van der Waals surface area contributed by atoms with Crippen molar-refractivity contribution in [3.63, 3.8) is 0 Å². The fourth-order valence-electron chi connectivity index (χ4n) is 0.979. The van der Waals surface area contributed by atoms with Gasteiger partial charge in [-0.1, -0.05) is 38.8 Å². The van der Waals surface area contributed by atoms with Gasteiger partial charge in [-0.25, -0.2) is 0 Å². The maximum absolute atomic E-state index is 2.31. The Kier molecular flexibility index (Phi) is 5.70. The zero-order valence-corrected chi connectivity index (χ0v) is 6.85. The van der Waals surface area contributed by atoms with E-state index in [9.17, 15) is 0 Å². The first-order valence-electron chi connectivity index (χ1n) is 3.92. The van der Waals surface area contributed by atoms with Crippen LogP contribution in [0.4, 0.5) is 0 Å². The predicted molar refractivity (Wildman–Crippen MR) is 43.5 cm³/mol. The van der Waals surface area contributed by atoms with E-state index in [1.807, 2.05) is 0 Å². The summed E-state index contributed by atoms with van der Waals surface area (Å²) >= 11 is 0. The van der Waals surface area contributed by atoms with Gasteiger partial charge in [-0.05, 0) is 19.3 Å². The smallest absolute Gasteiger partial charge is 0.0325 e.